The number of aromatic nitrogens is 3. The third-order valence-electron chi connectivity index (χ3n) is 6.73. The second kappa shape index (κ2) is 10.4. The lowest BCUT2D eigenvalue weighted by molar-refractivity contribution is -0.137. The van der Waals surface area contributed by atoms with Gasteiger partial charge in [0.1, 0.15) is 5.60 Å². The summed E-state index contributed by atoms with van der Waals surface area (Å²) in [5, 5.41) is 13.4. The number of imidazole rings is 1. The van der Waals surface area contributed by atoms with Crippen LogP contribution in [0.25, 0.3) is 21.9 Å². The minimum atomic E-state index is -0.959. The number of H-pyrrole nitrogens is 1. The van der Waals surface area contributed by atoms with Crippen molar-refractivity contribution in [3.05, 3.63) is 64.2 Å². The van der Waals surface area contributed by atoms with Crippen LogP contribution < -0.4 is 11.0 Å². The molecule has 1 amide bonds. The molecule has 0 saturated heterocycles. The molecule has 0 radical (unpaired) electrons. The average molecular weight is 521 g/mol. The van der Waals surface area contributed by atoms with Gasteiger partial charge in [0, 0.05) is 34.4 Å². The minimum absolute atomic E-state index is 0.161. The molecule has 2 unspecified atom stereocenters. The Hall–Kier alpha value is -4.01. The molecule has 0 fully saturated rings. The maximum absolute atomic E-state index is 14.1. The van der Waals surface area contributed by atoms with E-state index in [-0.39, 0.29) is 18.2 Å². The number of nitrogens with one attached hydrogen (secondary N) is 2. The number of aliphatic carboxylic acids is 1. The van der Waals surface area contributed by atoms with Crippen LogP contribution in [-0.2, 0) is 9.53 Å². The van der Waals surface area contributed by atoms with Crippen LogP contribution in [0.2, 0.25) is 0 Å². The number of nitrogens with zero attached hydrogens (tertiary/aromatic N) is 2. The van der Waals surface area contributed by atoms with Gasteiger partial charge < -0.3 is 14.8 Å². The number of hydrogen-bond acceptors (Lipinski definition) is 4. The van der Waals surface area contributed by atoms with Gasteiger partial charge in [-0.2, -0.15) is 0 Å². The SMILES string of the molecule is CCCC(CC(=O)O)n1c(=O)n(C(C)c2c[nH]c3cccc(C)c23)c2cc(NC(=O)OC(C)(C)C)ccc21. The number of carboxylic acid groups (broad SMARTS) is 1. The van der Waals surface area contributed by atoms with E-state index in [1.54, 1.807) is 48.1 Å². The van der Waals surface area contributed by atoms with E-state index in [4.69, 9.17) is 4.74 Å². The summed E-state index contributed by atoms with van der Waals surface area (Å²) in [6, 6.07) is 10.4. The fraction of sp³-hybridized carbons (Fsp3) is 0.414. The van der Waals surface area contributed by atoms with Gasteiger partial charge in [-0.05, 0) is 70.9 Å². The summed E-state index contributed by atoms with van der Waals surface area (Å²) in [5.41, 5.74) is 3.77. The number of ether oxygens (including phenoxy) is 1. The molecule has 0 aliphatic carbocycles. The van der Waals surface area contributed by atoms with Crippen LogP contribution in [0.5, 0.6) is 0 Å². The predicted molar refractivity (Wildman–Crippen MR) is 149 cm³/mol. The molecule has 2 aromatic carbocycles. The Labute approximate surface area is 221 Å². The molecule has 2 heterocycles. The monoisotopic (exact) mass is 520 g/mol. The molecule has 0 saturated carbocycles. The van der Waals surface area contributed by atoms with Crippen molar-refractivity contribution in [3.8, 4) is 0 Å². The van der Waals surface area contributed by atoms with Gasteiger partial charge in [-0.15, -0.1) is 0 Å². The first-order valence-corrected chi connectivity index (χ1v) is 13.0. The molecule has 0 spiro atoms. The van der Waals surface area contributed by atoms with Crippen molar-refractivity contribution in [2.45, 2.75) is 78.5 Å². The topological polar surface area (TPSA) is 118 Å². The van der Waals surface area contributed by atoms with Crippen molar-refractivity contribution in [3.63, 3.8) is 0 Å². The molecular formula is C29H36N4O5. The standard InChI is InChI=1S/C29H36N4O5/c1-7-9-20(15-25(34)35)33-23-13-12-19(31-27(36)38-29(4,5)6)14-24(23)32(28(33)37)18(3)21-16-30-22-11-8-10-17(2)26(21)22/h8,10-14,16,18,20,30H,7,9,15H2,1-6H3,(H,31,36)(H,34,35). The highest BCUT2D eigenvalue weighted by Gasteiger charge is 2.27. The molecule has 2 aromatic heterocycles. The molecule has 2 atom stereocenters. The van der Waals surface area contributed by atoms with Crippen LogP contribution in [0.3, 0.4) is 0 Å². The van der Waals surface area contributed by atoms with Gasteiger partial charge in [-0.1, -0.05) is 25.5 Å². The van der Waals surface area contributed by atoms with Crippen molar-refractivity contribution in [2.24, 2.45) is 0 Å². The number of carbonyl (C=O) groups excluding carboxylic acids is 1. The molecular weight excluding hydrogens is 484 g/mol. The Morgan fingerprint density at radius 1 is 1.13 bits per heavy atom. The fourth-order valence-electron chi connectivity index (χ4n) is 5.19. The zero-order valence-electron chi connectivity index (χ0n) is 22.8. The van der Waals surface area contributed by atoms with Crippen molar-refractivity contribution in [1.82, 2.24) is 14.1 Å². The second-order valence-electron chi connectivity index (χ2n) is 10.8. The van der Waals surface area contributed by atoms with Crippen LogP contribution in [-0.4, -0.2) is 36.9 Å². The number of carboxylic acids is 1. The second-order valence-corrected chi connectivity index (χ2v) is 10.8. The number of hydrogen-bond donors (Lipinski definition) is 3. The summed E-state index contributed by atoms with van der Waals surface area (Å²) < 4.78 is 8.69. The van der Waals surface area contributed by atoms with Crippen molar-refractivity contribution < 1.29 is 19.4 Å². The number of aromatic amines is 1. The van der Waals surface area contributed by atoms with E-state index in [1.165, 1.54) is 0 Å². The van der Waals surface area contributed by atoms with Crippen molar-refractivity contribution >= 4 is 39.7 Å². The largest absolute Gasteiger partial charge is 0.481 e. The van der Waals surface area contributed by atoms with Crippen LogP contribution in [0.4, 0.5) is 10.5 Å². The number of benzene rings is 2. The van der Waals surface area contributed by atoms with Gasteiger partial charge in [0.15, 0.2) is 0 Å². The molecule has 9 nitrogen and oxygen atoms in total. The number of anilines is 1. The van der Waals surface area contributed by atoms with Crippen LogP contribution >= 0.6 is 0 Å². The lowest BCUT2D eigenvalue weighted by Gasteiger charge is -2.20. The van der Waals surface area contributed by atoms with Gasteiger partial charge in [-0.25, -0.2) is 9.59 Å². The third-order valence-corrected chi connectivity index (χ3v) is 6.73. The lowest BCUT2D eigenvalue weighted by atomic mass is 10.0. The highest BCUT2D eigenvalue weighted by molar-refractivity contribution is 5.90. The smallest absolute Gasteiger partial charge is 0.412 e. The summed E-state index contributed by atoms with van der Waals surface area (Å²) in [7, 11) is 0. The van der Waals surface area contributed by atoms with E-state index in [0.29, 0.717) is 23.1 Å². The Kier molecular flexibility index (Phi) is 7.40. The van der Waals surface area contributed by atoms with Gasteiger partial charge in [0.05, 0.1) is 23.5 Å². The zero-order valence-corrected chi connectivity index (χ0v) is 22.8. The van der Waals surface area contributed by atoms with E-state index in [9.17, 15) is 19.5 Å². The van der Waals surface area contributed by atoms with Gasteiger partial charge in [0.2, 0.25) is 0 Å². The normalized spacial score (nSPS) is 13.5. The van der Waals surface area contributed by atoms with E-state index in [2.05, 4.69) is 10.3 Å². The number of amides is 1. The molecule has 4 rings (SSSR count). The third kappa shape index (κ3) is 5.32. The highest BCUT2D eigenvalue weighted by atomic mass is 16.6. The molecule has 4 aromatic rings. The zero-order chi connectivity index (χ0) is 27.8. The first-order valence-electron chi connectivity index (χ1n) is 13.0. The van der Waals surface area contributed by atoms with E-state index in [0.717, 1.165) is 28.5 Å². The summed E-state index contributed by atoms with van der Waals surface area (Å²) in [5.74, 6) is -0.959. The maximum Gasteiger partial charge on any atom is 0.412 e. The van der Waals surface area contributed by atoms with Gasteiger partial charge in [0.25, 0.3) is 0 Å². The molecule has 38 heavy (non-hydrogen) atoms. The van der Waals surface area contributed by atoms with Crippen LogP contribution in [0.15, 0.2) is 47.4 Å². The average Bonchev–Trinajstić information content (AvgIpc) is 3.36. The van der Waals surface area contributed by atoms with E-state index < -0.39 is 23.7 Å². The van der Waals surface area contributed by atoms with Gasteiger partial charge >= 0.3 is 17.8 Å². The molecule has 0 bridgehead atoms. The molecule has 3 N–H and O–H groups in total. The first-order chi connectivity index (χ1) is 17.9. The predicted octanol–water partition coefficient (Wildman–Crippen LogP) is 6.36. The summed E-state index contributed by atoms with van der Waals surface area (Å²) in [6.45, 7) is 11.3. The van der Waals surface area contributed by atoms with Crippen LogP contribution in [0.1, 0.15) is 77.1 Å². The summed E-state index contributed by atoms with van der Waals surface area (Å²) in [4.78, 5) is 41.6. The Morgan fingerprint density at radius 2 is 1.87 bits per heavy atom. The summed E-state index contributed by atoms with van der Waals surface area (Å²) in [6.07, 6.45) is 2.43. The van der Waals surface area contributed by atoms with Crippen molar-refractivity contribution in [2.75, 3.05) is 5.32 Å². The molecule has 202 valence electrons. The van der Waals surface area contributed by atoms with E-state index in [1.807, 2.05) is 45.2 Å². The minimum Gasteiger partial charge on any atom is -0.481 e. The molecule has 0 aliphatic rings. The van der Waals surface area contributed by atoms with E-state index >= 15 is 0 Å². The quantitative estimate of drug-likeness (QED) is 0.250. The number of rotatable bonds is 8. The Balaban J connectivity index is 1.91. The maximum atomic E-state index is 14.1. The fourth-order valence-corrected chi connectivity index (χ4v) is 5.19. The van der Waals surface area contributed by atoms with Gasteiger partial charge in [-0.3, -0.25) is 19.2 Å². The number of fused-ring (bicyclic) bond motifs is 2. The van der Waals surface area contributed by atoms with Crippen LogP contribution in [0, 0.1) is 6.92 Å². The highest BCUT2D eigenvalue weighted by Crippen LogP contribution is 2.33. The lowest BCUT2D eigenvalue weighted by Crippen LogP contribution is -2.30. The Bertz CT molecular complexity index is 1550. The Morgan fingerprint density at radius 3 is 2.53 bits per heavy atom. The summed E-state index contributed by atoms with van der Waals surface area (Å²) >= 11 is 0. The number of aryl methyl sites for hydroxylation is 1. The first kappa shape index (κ1) is 27.0. The van der Waals surface area contributed by atoms with Crippen molar-refractivity contribution in [1.29, 1.82) is 0 Å². The molecule has 9 heteroatoms. The number of carbonyl (C=O) groups is 2. The molecule has 0 aliphatic heterocycles.